The lowest BCUT2D eigenvalue weighted by molar-refractivity contribution is 0.245. The number of benzene rings is 2. The molecule has 0 spiro atoms. The highest BCUT2D eigenvalue weighted by atomic mass is 79.9. The third-order valence-electron chi connectivity index (χ3n) is 2.60. The number of ether oxygens (including phenoxy) is 2. The molecule has 0 atom stereocenters. The first-order valence-corrected chi connectivity index (χ1v) is 8.22. The van der Waals surface area contributed by atoms with Crippen molar-refractivity contribution >= 4 is 43.5 Å². The molecule has 0 unspecified atom stereocenters. The second kappa shape index (κ2) is 7.92. The maximum Gasteiger partial charge on any atom is 0.147 e. The van der Waals surface area contributed by atoms with Crippen molar-refractivity contribution in [2.75, 3.05) is 13.2 Å². The third kappa shape index (κ3) is 5.09. The van der Waals surface area contributed by atoms with Crippen LogP contribution in [0.25, 0.3) is 0 Å². The topological polar surface area (TPSA) is 38.7 Å². The van der Waals surface area contributed by atoms with Crippen molar-refractivity contribution in [2.45, 2.75) is 6.42 Å². The molecular formula is C15H13Br2ClO3. The average molecular weight is 437 g/mol. The van der Waals surface area contributed by atoms with Crippen molar-refractivity contribution in [3.63, 3.8) is 0 Å². The minimum Gasteiger partial charge on any atom is -0.508 e. The molecule has 3 nitrogen and oxygen atoms in total. The van der Waals surface area contributed by atoms with Crippen LogP contribution in [0.5, 0.6) is 17.2 Å². The molecule has 0 amide bonds. The van der Waals surface area contributed by atoms with E-state index in [2.05, 4.69) is 31.9 Å². The Balaban J connectivity index is 1.76. The van der Waals surface area contributed by atoms with E-state index in [1.54, 1.807) is 24.3 Å². The van der Waals surface area contributed by atoms with Gasteiger partial charge in [0.2, 0.25) is 0 Å². The Hall–Kier alpha value is -0.910. The Kier molecular flexibility index (Phi) is 6.21. The first-order chi connectivity index (χ1) is 10.1. The fourth-order valence-electron chi connectivity index (χ4n) is 1.64. The summed E-state index contributed by atoms with van der Waals surface area (Å²) in [5.74, 6) is 1.62. The number of rotatable bonds is 6. The van der Waals surface area contributed by atoms with Crippen molar-refractivity contribution in [3.05, 3.63) is 50.4 Å². The summed E-state index contributed by atoms with van der Waals surface area (Å²) in [7, 11) is 0. The van der Waals surface area contributed by atoms with Gasteiger partial charge in [0.15, 0.2) is 0 Å². The molecule has 0 radical (unpaired) electrons. The normalized spacial score (nSPS) is 10.4. The molecule has 0 aliphatic rings. The van der Waals surface area contributed by atoms with Crippen LogP contribution in [0.1, 0.15) is 6.42 Å². The van der Waals surface area contributed by atoms with Gasteiger partial charge in [0.1, 0.15) is 17.2 Å². The fourth-order valence-corrected chi connectivity index (χ4v) is 3.16. The van der Waals surface area contributed by atoms with Crippen molar-refractivity contribution in [1.29, 1.82) is 0 Å². The van der Waals surface area contributed by atoms with Gasteiger partial charge in [0.25, 0.3) is 0 Å². The number of aromatic hydroxyl groups is 1. The summed E-state index contributed by atoms with van der Waals surface area (Å²) in [6, 6.07) is 10.4. The predicted molar refractivity (Wildman–Crippen MR) is 90.6 cm³/mol. The zero-order chi connectivity index (χ0) is 15.2. The largest absolute Gasteiger partial charge is 0.508 e. The van der Waals surface area contributed by atoms with Crippen LogP contribution in [0.4, 0.5) is 0 Å². The van der Waals surface area contributed by atoms with Gasteiger partial charge in [-0.05, 0) is 68.3 Å². The minimum atomic E-state index is 0.173. The summed E-state index contributed by atoms with van der Waals surface area (Å²) in [5.41, 5.74) is 0. The lowest BCUT2D eigenvalue weighted by atomic mass is 10.3. The molecule has 0 aromatic heterocycles. The second-order valence-electron chi connectivity index (χ2n) is 4.24. The highest BCUT2D eigenvalue weighted by Crippen LogP contribution is 2.36. The van der Waals surface area contributed by atoms with Crippen LogP contribution < -0.4 is 9.47 Å². The zero-order valence-corrected chi connectivity index (χ0v) is 14.9. The van der Waals surface area contributed by atoms with Gasteiger partial charge >= 0.3 is 0 Å². The number of hydrogen-bond donors (Lipinski definition) is 1. The number of phenolic OH excluding ortho intramolecular Hbond substituents is 1. The van der Waals surface area contributed by atoms with E-state index in [0.717, 1.165) is 12.2 Å². The molecule has 0 heterocycles. The monoisotopic (exact) mass is 434 g/mol. The van der Waals surface area contributed by atoms with Crippen molar-refractivity contribution < 1.29 is 14.6 Å². The smallest absolute Gasteiger partial charge is 0.147 e. The summed E-state index contributed by atoms with van der Waals surface area (Å²) in [6.45, 7) is 1.06. The highest BCUT2D eigenvalue weighted by Gasteiger charge is 2.08. The Morgan fingerprint density at radius 2 is 1.52 bits per heavy atom. The van der Waals surface area contributed by atoms with E-state index in [4.69, 9.17) is 21.1 Å². The van der Waals surface area contributed by atoms with E-state index in [9.17, 15) is 5.11 Å². The summed E-state index contributed by atoms with van der Waals surface area (Å²) in [4.78, 5) is 0. The Labute approximate surface area is 145 Å². The van der Waals surface area contributed by atoms with Crippen molar-refractivity contribution in [1.82, 2.24) is 0 Å². The summed E-state index contributed by atoms with van der Waals surface area (Å²) in [6.07, 6.45) is 0.738. The summed E-state index contributed by atoms with van der Waals surface area (Å²) in [5, 5.41) is 10.1. The van der Waals surface area contributed by atoms with Crippen LogP contribution in [-0.2, 0) is 0 Å². The lowest BCUT2D eigenvalue weighted by Crippen LogP contribution is -2.05. The van der Waals surface area contributed by atoms with E-state index in [-0.39, 0.29) is 5.75 Å². The van der Waals surface area contributed by atoms with E-state index < -0.39 is 0 Å². The van der Waals surface area contributed by atoms with Crippen LogP contribution in [-0.4, -0.2) is 18.3 Å². The molecule has 2 rings (SSSR count). The molecule has 0 saturated heterocycles. The molecule has 0 aliphatic heterocycles. The second-order valence-corrected chi connectivity index (χ2v) is 6.39. The summed E-state index contributed by atoms with van der Waals surface area (Å²) >= 11 is 12.5. The van der Waals surface area contributed by atoms with E-state index >= 15 is 0 Å². The molecule has 112 valence electrons. The number of halogens is 3. The van der Waals surface area contributed by atoms with E-state index in [1.165, 1.54) is 0 Å². The molecule has 1 N–H and O–H groups in total. The molecule has 0 aliphatic carbocycles. The Bertz CT molecular complexity index is 579. The molecule has 0 fully saturated rings. The van der Waals surface area contributed by atoms with Gasteiger partial charge in [0.05, 0.1) is 22.2 Å². The molecule has 0 saturated carbocycles. The van der Waals surface area contributed by atoms with Gasteiger partial charge < -0.3 is 14.6 Å². The van der Waals surface area contributed by atoms with Crippen molar-refractivity contribution in [2.24, 2.45) is 0 Å². The molecule has 21 heavy (non-hydrogen) atoms. The first-order valence-electron chi connectivity index (χ1n) is 6.25. The van der Waals surface area contributed by atoms with Crippen LogP contribution in [0.2, 0.25) is 5.02 Å². The molecule has 6 heteroatoms. The van der Waals surface area contributed by atoms with E-state index in [1.807, 2.05) is 12.1 Å². The van der Waals surface area contributed by atoms with Gasteiger partial charge in [-0.3, -0.25) is 0 Å². The van der Waals surface area contributed by atoms with Crippen LogP contribution in [0.15, 0.2) is 45.3 Å². The van der Waals surface area contributed by atoms with Gasteiger partial charge in [-0.15, -0.1) is 0 Å². The molecule has 0 bridgehead atoms. The molecule has 2 aromatic rings. The first kappa shape index (κ1) is 16.5. The van der Waals surface area contributed by atoms with Gasteiger partial charge in [-0.1, -0.05) is 11.6 Å². The fraction of sp³-hybridized carbons (Fsp3) is 0.200. The zero-order valence-electron chi connectivity index (χ0n) is 11.0. The maximum absolute atomic E-state index is 9.43. The van der Waals surface area contributed by atoms with E-state index in [0.29, 0.717) is 32.9 Å². The van der Waals surface area contributed by atoms with Gasteiger partial charge in [-0.2, -0.15) is 0 Å². The Morgan fingerprint density at radius 1 is 0.952 bits per heavy atom. The van der Waals surface area contributed by atoms with Crippen LogP contribution >= 0.6 is 43.5 Å². The number of hydrogen-bond acceptors (Lipinski definition) is 3. The molecule has 2 aromatic carbocycles. The average Bonchev–Trinajstić information content (AvgIpc) is 2.43. The Morgan fingerprint density at radius 3 is 2.14 bits per heavy atom. The number of phenols is 1. The van der Waals surface area contributed by atoms with Crippen molar-refractivity contribution in [3.8, 4) is 17.2 Å². The quantitative estimate of drug-likeness (QED) is 0.615. The molecular weight excluding hydrogens is 423 g/mol. The predicted octanol–water partition coefficient (Wildman–Crippen LogP) is 5.42. The lowest BCUT2D eigenvalue weighted by Gasteiger charge is -2.11. The van der Waals surface area contributed by atoms with Crippen LogP contribution in [0.3, 0.4) is 0 Å². The SMILES string of the molecule is Oc1cc(Br)c(OCCCOc2ccc(Cl)cc2)c(Br)c1. The maximum atomic E-state index is 9.43. The summed E-state index contributed by atoms with van der Waals surface area (Å²) < 4.78 is 12.7. The third-order valence-corrected chi connectivity index (χ3v) is 4.03. The van der Waals surface area contributed by atoms with Gasteiger partial charge in [-0.25, -0.2) is 0 Å². The minimum absolute atomic E-state index is 0.173. The van der Waals surface area contributed by atoms with Gasteiger partial charge in [0, 0.05) is 11.4 Å². The van der Waals surface area contributed by atoms with Crippen LogP contribution in [0, 0.1) is 0 Å². The standard InChI is InChI=1S/C15H13Br2ClO3/c16-13-8-11(19)9-14(17)15(13)21-7-1-6-20-12-4-2-10(18)3-5-12/h2-5,8-9,19H,1,6-7H2. The highest BCUT2D eigenvalue weighted by molar-refractivity contribution is 9.11.